The molecule has 0 aliphatic carbocycles. The van der Waals surface area contributed by atoms with Gasteiger partial charge in [-0.3, -0.25) is 14.2 Å². The van der Waals surface area contributed by atoms with Crippen molar-refractivity contribution in [1.82, 2.24) is 14.3 Å². The predicted octanol–water partition coefficient (Wildman–Crippen LogP) is -2.01. The molecule has 1 aliphatic heterocycles. The number of hydrogen-bond donors (Lipinski definition) is 2. The number of nitrogens with one attached hydrogen (secondary N) is 1. The van der Waals surface area contributed by atoms with Crippen LogP contribution in [0.5, 0.6) is 0 Å². The van der Waals surface area contributed by atoms with Crippen LogP contribution in [-0.4, -0.2) is 44.7 Å². The quantitative estimate of drug-likeness (QED) is 0.652. The number of carboxylic acid groups (broad SMARTS) is 1. The van der Waals surface area contributed by atoms with Crippen molar-refractivity contribution < 1.29 is 14.6 Å². The van der Waals surface area contributed by atoms with Crippen molar-refractivity contribution in [3.63, 3.8) is 0 Å². The molecule has 2 heterocycles. The second-order valence-electron chi connectivity index (χ2n) is 4.35. The third kappa shape index (κ3) is 2.36. The Hall–Kier alpha value is -2.16. The molecule has 2 unspecified atom stereocenters. The van der Waals surface area contributed by atoms with Crippen molar-refractivity contribution in [2.24, 2.45) is 20.0 Å². The van der Waals surface area contributed by atoms with Gasteiger partial charge in [-0.05, 0) is 0 Å². The van der Waals surface area contributed by atoms with Crippen LogP contribution in [0, 0.1) is 5.92 Å². The van der Waals surface area contributed by atoms with Crippen LogP contribution in [-0.2, 0) is 23.6 Å². The summed E-state index contributed by atoms with van der Waals surface area (Å²) in [7, 11) is 2.74. The maximum Gasteiger partial charge on any atom is 0.346 e. The first-order valence-electron chi connectivity index (χ1n) is 5.63. The zero-order valence-corrected chi connectivity index (χ0v) is 10.5. The molecule has 1 saturated heterocycles. The van der Waals surface area contributed by atoms with E-state index in [1.54, 1.807) is 0 Å². The van der Waals surface area contributed by atoms with Gasteiger partial charge in [0.25, 0.3) is 5.56 Å². The summed E-state index contributed by atoms with van der Waals surface area (Å²) in [6.07, 6.45) is 0. The number of hydrogen-bond acceptors (Lipinski definition) is 6. The maximum absolute atomic E-state index is 11.8. The minimum atomic E-state index is -1.00. The number of ether oxygens (including phenoxy) is 1. The smallest absolute Gasteiger partial charge is 0.346 e. The number of aliphatic carboxylic acids is 1. The largest absolute Gasteiger partial charge is 0.481 e. The molecule has 0 saturated carbocycles. The van der Waals surface area contributed by atoms with Crippen LogP contribution in [0.25, 0.3) is 0 Å². The van der Waals surface area contributed by atoms with Crippen LogP contribution in [0.2, 0.25) is 0 Å². The Bertz CT molecular complexity index is 619. The number of carbonyl (C=O) groups is 1. The van der Waals surface area contributed by atoms with Gasteiger partial charge in [0.2, 0.25) is 5.82 Å². The highest BCUT2D eigenvalue weighted by Crippen LogP contribution is 2.16. The van der Waals surface area contributed by atoms with Crippen molar-refractivity contribution in [2.45, 2.75) is 6.04 Å². The number of aryl methyl sites for hydroxylation is 1. The van der Waals surface area contributed by atoms with Gasteiger partial charge in [0.05, 0.1) is 19.3 Å². The number of nitrogens with zero attached hydrogens (tertiary/aromatic N) is 3. The van der Waals surface area contributed by atoms with E-state index in [9.17, 15) is 14.4 Å². The van der Waals surface area contributed by atoms with Gasteiger partial charge in [0.1, 0.15) is 5.92 Å². The van der Waals surface area contributed by atoms with Crippen LogP contribution in [0.3, 0.4) is 0 Å². The first-order chi connectivity index (χ1) is 8.91. The van der Waals surface area contributed by atoms with Crippen molar-refractivity contribution in [1.29, 1.82) is 0 Å². The van der Waals surface area contributed by atoms with Gasteiger partial charge in [-0.25, -0.2) is 9.48 Å². The van der Waals surface area contributed by atoms with Gasteiger partial charge >= 0.3 is 11.7 Å². The van der Waals surface area contributed by atoms with Gasteiger partial charge in [-0.15, -0.1) is 5.10 Å². The summed E-state index contributed by atoms with van der Waals surface area (Å²) in [6, 6.07) is -0.546. The van der Waals surface area contributed by atoms with Crippen LogP contribution in [0.4, 0.5) is 5.82 Å². The standard InChI is InChI=1S/C10H14N4O5/c1-13-8(15)7(12-14(2)10(13)18)11-6-4-19-3-5(6)9(16)17/h5-6H,3-4H2,1-2H3,(H,11,12)(H,16,17). The van der Waals surface area contributed by atoms with Crippen molar-refractivity contribution in [3.8, 4) is 0 Å². The minimum Gasteiger partial charge on any atom is -0.481 e. The van der Waals surface area contributed by atoms with E-state index in [0.717, 1.165) is 9.25 Å². The topological polar surface area (TPSA) is 115 Å². The van der Waals surface area contributed by atoms with Crippen molar-refractivity contribution in [3.05, 3.63) is 20.8 Å². The number of anilines is 1. The molecule has 19 heavy (non-hydrogen) atoms. The molecule has 0 aromatic carbocycles. The van der Waals surface area contributed by atoms with E-state index in [2.05, 4.69) is 10.4 Å². The van der Waals surface area contributed by atoms with E-state index in [4.69, 9.17) is 9.84 Å². The van der Waals surface area contributed by atoms with E-state index in [1.807, 2.05) is 0 Å². The summed E-state index contributed by atoms with van der Waals surface area (Å²) in [5.74, 6) is -1.81. The molecular weight excluding hydrogens is 256 g/mol. The van der Waals surface area contributed by atoms with Crippen LogP contribution >= 0.6 is 0 Å². The van der Waals surface area contributed by atoms with Gasteiger partial charge in [0.15, 0.2) is 0 Å². The fourth-order valence-electron chi connectivity index (χ4n) is 1.90. The summed E-state index contributed by atoms with van der Waals surface area (Å²) < 4.78 is 6.99. The lowest BCUT2D eigenvalue weighted by Crippen LogP contribution is -2.43. The molecule has 2 rings (SSSR count). The molecule has 0 radical (unpaired) electrons. The van der Waals surface area contributed by atoms with Gasteiger partial charge in [-0.1, -0.05) is 0 Å². The molecule has 1 fully saturated rings. The zero-order chi connectivity index (χ0) is 14.2. The number of rotatable bonds is 3. The first-order valence-corrected chi connectivity index (χ1v) is 5.63. The second kappa shape index (κ2) is 4.84. The lowest BCUT2D eigenvalue weighted by molar-refractivity contribution is -0.141. The molecule has 0 spiro atoms. The Labute approximate surface area is 107 Å². The fraction of sp³-hybridized carbons (Fsp3) is 0.600. The molecule has 104 valence electrons. The van der Waals surface area contributed by atoms with Crippen LogP contribution in [0.15, 0.2) is 9.59 Å². The van der Waals surface area contributed by atoms with E-state index < -0.39 is 29.2 Å². The molecule has 1 aromatic heterocycles. The third-order valence-corrected chi connectivity index (χ3v) is 3.04. The molecule has 0 bridgehead atoms. The molecule has 1 aromatic rings. The minimum absolute atomic E-state index is 0.0636. The van der Waals surface area contributed by atoms with Gasteiger partial charge in [-0.2, -0.15) is 0 Å². The Morgan fingerprint density at radius 2 is 2.11 bits per heavy atom. The average Bonchev–Trinajstić information content (AvgIpc) is 2.81. The SMILES string of the molecule is Cn1nc(NC2COCC2C(=O)O)c(=O)n(C)c1=O. The van der Waals surface area contributed by atoms with E-state index in [0.29, 0.717) is 0 Å². The number of carboxylic acids is 1. The molecule has 1 aliphatic rings. The summed E-state index contributed by atoms with van der Waals surface area (Å²) in [5.41, 5.74) is -1.15. The van der Waals surface area contributed by atoms with Gasteiger partial charge in [0, 0.05) is 14.1 Å². The normalized spacial score (nSPS) is 22.4. The third-order valence-electron chi connectivity index (χ3n) is 3.04. The van der Waals surface area contributed by atoms with E-state index >= 15 is 0 Å². The van der Waals surface area contributed by atoms with E-state index in [1.165, 1.54) is 14.1 Å². The Balaban J connectivity index is 2.32. The average molecular weight is 270 g/mol. The Morgan fingerprint density at radius 3 is 2.74 bits per heavy atom. The monoisotopic (exact) mass is 270 g/mol. The Morgan fingerprint density at radius 1 is 1.42 bits per heavy atom. The maximum atomic E-state index is 11.8. The van der Waals surface area contributed by atoms with E-state index in [-0.39, 0.29) is 19.0 Å². The summed E-state index contributed by atoms with van der Waals surface area (Å²) in [5, 5.41) is 15.5. The highest BCUT2D eigenvalue weighted by atomic mass is 16.5. The molecule has 0 amide bonds. The molecule has 2 N–H and O–H groups in total. The predicted molar refractivity (Wildman–Crippen MR) is 64.1 cm³/mol. The zero-order valence-electron chi connectivity index (χ0n) is 10.5. The van der Waals surface area contributed by atoms with Gasteiger partial charge < -0.3 is 15.2 Å². The summed E-state index contributed by atoms with van der Waals surface area (Å²) in [4.78, 5) is 34.3. The molecular formula is C10H14N4O5. The van der Waals surface area contributed by atoms with Crippen molar-refractivity contribution >= 4 is 11.8 Å². The molecule has 2 atom stereocenters. The van der Waals surface area contributed by atoms with Crippen LogP contribution < -0.4 is 16.6 Å². The molecule has 9 nitrogen and oxygen atoms in total. The lowest BCUT2D eigenvalue weighted by Gasteiger charge is -2.16. The fourth-order valence-corrected chi connectivity index (χ4v) is 1.90. The highest BCUT2D eigenvalue weighted by molar-refractivity contribution is 5.72. The number of aromatic nitrogens is 3. The second-order valence-corrected chi connectivity index (χ2v) is 4.35. The highest BCUT2D eigenvalue weighted by Gasteiger charge is 2.34. The lowest BCUT2D eigenvalue weighted by atomic mass is 10.0. The van der Waals surface area contributed by atoms with Crippen molar-refractivity contribution in [2.75, 3.05) is 18.5 Å². The first kappa shape index (κ1) is 13.3. The summed E-state index contributed by atoms with van der Waals surface area (Å²) in [6.45, 7) is 0.254. The molecule has 9 heteroatoms. The van der Waals surface area contributed by atoms with Crippen LogP contribution in [0.1, 0.15) is 0 Å². The Kier molecular flexibility index (Phi) is 3.38. The summed E-state index contributed by atoms with van der Waals surface area (Å²) >= 11 is 0.